The molecular weight excluding hydrogens is 434 g/mol. The van der Waals surface area contributed by atoms with E-state index in [9.17, 15) is 4.79 Å². The van der Waals surface area contributed by atoms with Gasteiger partial charge in [-0.05, 0) is 79.6 Å². The lowest BCUT2D eigenvalue weighted by Gasteiger charge is -2.25. The minimum atomic E-state index is 0.0618. The molecule has 3 aromatic rings. The highest BCUT2D eigenvalue weighted by atomic mass is 16.5. The maximum absolute atomic E-state index is 12.9. The number of benzene rings is 3. The van der Waals surface area contributed by atoms with Crippen LogP contribution in [0.4, 0.5) is 11.4 Å². The van der Waals surface area contributed by atoms with Gasteiger partial charge in [0.15, 0.2) is 0 Å². The molecule has 0 saturated carbocycles. The third-order valence-electron chi connectivity index (χ3n) is 6.53. The molecule has 1 amide bonds. The van der Waals surface area contributed by atoms with Crippen LogP contribution in [0.1, 0.15) is 42.9 Å². The molecule has 2 N–H and O–H groups in total. The van der Waals surface area contributed by atoms with E-state index < -0.39 is 0 Å². The molecule has 1 aliphatic heterocycles. The maximum atomic E-state index is 12.9. The molecule has 0 bridgehead atoms. The van der Waals surface area contributed by atoms with Crippen LogP contribution in [0.15, 0.2) is 72.8 Å². The number of fused-ring (bicyclic) bond motifs is 1. The highest BCUT2D eigenvalue weighted by Crippen LogP contribution is 2.30. The van der Waals surface area contributed by atoms with Crippen LogP contribution in [0.5, 0.6) is 5.75 Å². The van der Waals surface area contributed by atoms with E-state index in [1.54, 1.807) is 0 Å². The van der Waals surface area contributed by atoms with Crippen LogP contribution in [-0.4, -0.2) is 31.6 Å². The van der Waals surface area contributed by atoms with E-state index in [-0.39, 0.29) is 11.9 Å². The summed E-state index contributed by atoms with van der Waals surface area (Å²) in [6.07, 6.45) is 4.14. The summed E-state index contributed by atoms with van der Waals surface area (Å²) in [5, 5.41) is 6.69. The highest BCUT2D eigenvalue weighted by Gasteiger charge is 2.19. The zero-order valence-corrected chi connectivity index (χ0v) is 20.9. The predicted octanol–water partition coefficient (Wildman–Crippen LogP) is 5.72. The van der Waals surface area contributed by atoms with Crippen molar-refractivity contribution in [2.75, 3.05) is 29.9 Å². The van der Waals surface area contributed by atoms with E-state index in [4.69, 9.17) is 4.74 Å². The number of carbonyl (C=O) groups is 1. The van der Waals surface area contributed by atoms with Crippen molar-refractivity contribution in [1.29, 1.82) is 0 Å². The van der Waals surface area contributed by atoms with Gasteiger partial charge in [0, 0.05) is 30.5 Å². The molecule has 4 rings (SSSR count). The van der Waals surface area contributed by atoms with E-state index in [1.807, 2.05) is 24.3 Å². The van der Waals surface area contributed by atoms with Crippen LogP contribution < -0.4 is 20.3 Å². The molecule has 184 valence electrons. The van der Waals surface area contributed by atoms with Crippen molar-refractivity contribution < 1.29 is 9.53 Å². The van der Waals surface area contributed by atoms with Crippen molar-refractivity contribution in [1.82, 2.24) is 5.32 Å². The van der Waals surface area contributed by atoms with Crippen molar-refractivity contribution in [3.8, 4) is 5.75 Å². The zero-order chi connectivity index (χ0) is 24.5. The fourth-order valence-corrected chi connectivity index (χ4v) is 4.54. The van der Waals surface area contributed by atoms with Crippen LogP contribution in [0, 0.1) is 6.92 Å². The second kappa shape index (κ2) is 12.3. The number of amides is 1. The monoisotopic (exact) mass is 471 g/mol. The van der Waals surface area contributed by atoms with Gasteiger partial charge >= 0.3 is 0 Å². The van der Waals surface area contributed by atoms with Crippen LogP contribution in [0.2, 0.25) is 0 Å². The Kier molecular flexibility index (Phi) is 8.66. The number of anilines is 2. The number of carbonyl (C=O) groups excluding carboxylic acids is 1. The summed E-state index contributed by atoms with van der Waals surface area (Å²) in [6, 6.07) is 25.0. The van der Waals surface area contributed by atoms with Crippen molar-refractivity contribution in [2.45, 2.75) is 52.2 Å². The Balaban J connectivity index is 1.33. The van der Waals surface area contributed by atoms with Crippen LogP contribution in [0.25, 0.3) is 0 Å². The lowest BCUT2D eigenvalue weighted by molar-refractivity contribution is -0.119. The van der Waals surface area contributed by atoms with E-state index >= 15 is 0 Å². The third kappa shape index (κ3) is 7.25. The molecule has 5 heteroatoms. The van der Waals surface area contributed by atoms with Gasteiger partial charge in [-0.2, -0.15) is 0 Å². The molecule has 0 saturated heterocycles. The Labute approximate surface area is 209 Å². The first-order valence-corrected chi connectivity index (χ1v) is 12.7. The number of ether oxygens (including phenoxy) is 1. The molecule has 0 aliphatic carbocycles. The van der Waals surface area contributed by atoms with E-state index in [1.165, 1.54) is 11.1 Å². The first kappa shape index (κ1) is 24.6. The first-order valence-electron chi connectivity index (χ1n) is 12.7. The minimum Gasteiger partial charge on any atom is -0.489 e. The molecule has 3 aromatic carbocycles. The molecule has 1 aliphatic rings. The summed E-state index contributed by atoms with van der Waals surface area (Å²) in [5.74, 6) is 0.943. The lowest BCUT2D eigenvalue weighted by Crippen LogP contribution is -2.42. The molecular formula is C30H37N3O2. The zero-order valence-electron chi connectivity index (χ0n) is 20.9. The molecule has 1 unspecified atom stereocenters. The first-order chi connectivity index (χ1) is 17.1. The fourth-order valence-electron chi connectivity index (χ4n) is 4.54. The Morgan fingerprint density at radius 1 is 1.03 bits per heavy atom. The van der Waals surface area contributed by atoms with Gasteiger partial charge in [0.25, 0.3) is 0 Å². The second-order valence-corrected chi connectivity index (χ2v) is 9.37. The SMILES string of the molecule is CCC(CNC(=O)CN1CCCCc2cc(OCc3ccccc3)ccc21)Nc1cccc(C)c1. The molecule has 1 atom stereocenters. The quantitative estimate of drug-likeness (QED) is 0.397. The predicted molar refractivity (Wildman–Crippen MR) is 144 cm³/mol. The third-order valence-corrected chi connectivity index (χ3v) is 6.53. The molecule has 5 nitrogen and oxygen atoms in total. The van der Waals surface area contributed by atoms with Crippen molar-refractivity contribution in [3.05, 3.63) is 89.5 Å². The second-order valence-electron chi connectivity index (χ2n) is 9.37. The fraction of sp³-hybridized carbons (Fsp3) is 0.367. The van der Waals surface area contributed by atoms with Gasteiger partial charge in [0.05, 0.1) is 6.54 Å². The van der Waals surface area contributed by atoms with E-state index in [2.05, 4.69) is 77.9 Å². The maximum Gasteiger partial charge on any atom is 0.239 e. The molecule has 0 radical (unpaired) electrons. The molecule has 35 heavy (non-hydrogen) atoms. The van der Waals surface area contributed by atoms with Gasteiger partial charge in [-0.25, -0.2) is 0 Å². The number of aryl methyl sites for hydroxylation is 2. The highest BCUT2D eigenvalue weighted by molar-refractivity contribution is 5.82. The number of nitrogens with zero attached hydrogens (tertiary/aromatic N) is 1. The summed E-state index contributed by atoms with van der Waals surface area (Å²) >= 11 is 0. The summed E-state index contributed by atoms with van der Waals surface area (Å²) < 4.78 is 6.04. The molecule has 1 heterocycles. The van der Waals surface area contributed by atoms with E-state index in [0.29, 0.717) is 19.7 Å². The smallest absolute Gasteiger partial charge is 0.239 e. The van der Waals surface area contributed by atoms with Crippen LogP contribution >= 0.6 is 0 Å². The Morgan fingerprint density at radius 3 is 2.69 bits per heavy atom. The van der Waals surface area contributed by atoms with Gasteiger partial charge in [0.1, 0.15) is 12.4 Å². The Bertz CT molecular complexity index is 1100. The number of nitrogens with one attached hydrogen (secondary N) is 2. The van der Waals surface area contributed by atoms with Crippen molar-refractivity contribution in [2.24, 2.45) is 0 Å². The molecule has 0 aromatic heterocycles. The average Bonchev–Trinajstić information content (AvgIpc) is 3.07. The summed E-state index contributed by atoms with van der Waals surface area (Å²) in [6.45, 7) is 6.66. The van der Waals surface area contributed by atoms with Gasteiger partial charge in [-0.1, -0.05) is 49.4 Å². The largest absolute Gasteiger partial charge is 0.489 e. The number of rotatable bonds is 10. The number of hydrogen-bond acceptors (Lipinski definition) is 4. The van der Waals surface area contributed by atoms with Crippen LogP contribution in [-0.2, 0) is 17.8 Å². The van der Waals surface area contributed by atoms with E-state index in [0.717, 1.165) is 54.9 Å². The topological polar surface area (TPSA) is 53.6 Å². The lowest BCUT2D eigenvalue weighted by atomic mass is 10.1. The average molecular weight is 472 g/mol. The van der Waals surface area contributed by atoms with Gasteiger partial charge < -0.3 is 20.3 Å². The molecule has 0 spiro atoms. The normalized spacial score (nSPS) is 13.9. The summed E-state index contributed by atoms with van der Waals surface area (Å²) in [5.41, 5.74) is 5.88. The summed E-state index contributed by atoms with van der Waals surface area (Å²) in [4.78, 5) is 15.1. The van der Waals surface area contributed by atoms with Crippen molar-refractivity contribution >= 4 is 17.3 Å². The van der Waals surface area contributed by atoms with Gasteiger partial charge in [-0.15, -0.1) is 0 Å². The Morgan fingerprint density at radius 2 is 1.89 bits per heavy atom. The summed E-state index contributed by atoms with van der Waals surface area (Å²) in [7, 11) is 0. The number of hydrogen-bond donors (Lipinski definition) is 2. The Hall–Kier alpha value is -3.47. The van der Waals surface area contributed by atoms with Gasteiger partial charge in [-0.3, -0.25) is 4.79 Å². The van der Waals surface area contributed by atoms with Crippen LogP contribution in [0.3, 0.4) is 0 Å². The minimum absolute atomic E-state index is 0.0618. The van der Waals surface area contributed by atoms with Gasteiger partial charge in [0.2, 0.25) is 5.91 Å². The van der Waals surface area contributed by atoms with Crippen molar-refractivity contribution in [3.63, 3.8) is 0 Å². The standard InChI is InChI=1S/C30H37N3O2/c1-3-26(32-27-14-9-10-23(2)18-27)20-31-30(34)21-33-17-8-7-13-25-19-28(15-16-29(25)33)35-22-24-11-5-4-6-12-24/h4-6,9-12,14-16,18-19,26,32H,3,7-8,13,17,20-22H2,1-2H3,(H,31,34). The molecule has 0 fully saturated rings.